The number of hydrogen-bond acceptors (Lipinski definition) is 2. The Bertz CT molecular complexity index is 1400. The number of hydrogen-bond donors (Lipinski definition) is 3. The van der Waals surface area contributed by atoms with Gasteiger partial charge < -0.3 is 5.32 Å². The fraction of sp³-hybridized carbons (Fsp3) is 0.111. The second-order valence-electron chi connectivity index (χ2n) is 7.93. The van der Waals surface area contributed by atoms with E-state index < -0.39 is 0 Å². The molecule has 0 aromatic heterocycles. The van der Waals surface area contributed by atoms with Gasteiger partial charge in [-0.3, -0.25) is 15.6 Å². The highest BCUT2D eigenvalue weighted by atomic mass is 32.1. The maximum absolute atomic E-state index is 12.3. The van der Waals surface area contributed by atoms with Crippen molar-refractivity contribution in [3.63, 3.8) is 0 Å². The summed E-state index contributed by atoms with van der Waals surface area (Å²) >= 11 is 5.22. The van der Waals surface area contributed by atoms with Crippen molar-refractivity contribution in [2.75, 3.05) is 5.32 Å². The number of hydrazine groups is 1. The smallest absolute Gasteiger partial charge is 0.238 e. The van der Waals surface area contributed by atoms with Crippen LogP contribution in [-0.4, -0.2) is 11.0 Å². The van der Waals surface area contributed by atoms with E-state index in [1.165, 1.54) is 37.9 Å². The van der Waals surface area contributed by atoms with Crippen molar-refractivity contribution >= 4 is 61.2 Å². The molecule has 1 amide bonds. The zero-order valence-electron chi connectivity index (χ0n) is 17.5. The SMILES string of the molecule is O=C(CCCc1ccc2ccc3cccc4ccc1c2c34)NNC(=S)Nc1ccccc1. The quantitative estimate of drug-likeness (QED) is 0.181. The molecule has 0 saturated heterocycles. The van der Waals surface area contributed by atoms with Gasteiger partial charge in [0.1, 0.15) is 0 Å². The molecule has 3 N–H and O–H groups in total. The molecular weight excluding hydrogens is 414 g/mol. The monoisotopic (exact) mass is 437 g/mol. The average Bonchev–Trinajstić information content (AvgIpc) is 2.82. The van der Waals surface area contributed by atoms with E-state index in [0.717, 1.165) is 18.5 Å². The lowest BCUT2D eigenvalue weighted by Gasteiger charge is -2.14. The summed E-state index contributed by atoms with van der Waals surface area (Å²) < 4.78 is 0. The lowest BCUT2D eigenvalue weighted by atomic mass is 9.90. The van der Waals surface area contributed by atoms with Crippen LogP contribution in [0, 0.1) is 0 Å². The van der Waals surface area contributed by atoms with Gasteiger partial charge in [-0.05, 0) is 75.1 Å². The van der Waals surface area contributed by atoms with Gasteiger partial charge in [-0.25, -0.2) is 0 Å². The van der Waals surface area contributed by atoms with Gasteiger partial charge >= 0.3 is 0 Å². The van der Waals surface area contributed by atoms with Gasteiger partial charge in [0.25, 0.3) is 0 Å². The lowest BCUT2D eigenvalue weighted by Crippen LogP contribution is -2.43. The van der Waals surface area contributed by atoms with Crippen LogP contribution < -0.4 is 16.2 Å². The molecule has 0 unspecified atom stereocenters. The molecule has 0 atom stereocenters. The Hall–Kier alpha value is -3.70. The average molecular weight is 438 g/mol. The molecule has 5 heteroatoms. The van der Waals surface area contributed by atoms with Gasteiger partial charge in [-0.1, -0.05) is 72.8 Å². The molecule has 0 spiro atoms. The Kier molecular flexibility index (Phi) is 5.57. The van der Waals surface area contributed by atoms with Crippen LogP contribution in [0.4, 0.5) is 5.69 Å². The molecule has 0 radical (unpaired) electrons. The van der Waals surface area contributed by atoms with Crippen LogP contribution in [-0.2, 0) is 11.2 Å². The summed E-state index contributed by atoms with van der Waals surface area (Å²) in [6.45, 7) is 0. The molecule has 0 bridgehead atoms. The Labute approximate surface area is 191 Å². The first-order chi connectivity index (χ1) is 15.7. The highest BCUT2D eigenvalue weighted by Crippen LogP contribution is 2.36. The summed E-state index contributed by atoms with van der Waals surface area (Å²) in [7, 11) is 0. The molecule has 158 valence electrons. The van der Waals surface area contributed by atoms with E-state index in [4.69, 9.17) is 12.2 Å². The van der Waals surface area contributed by atoms with Gasteiger partial charge in [-0.15, -0.1) is 0 Å². The number of nitrogens with one attached hydrogen (secondary N) is 3. The number of amides is 1. The van der Waals surface area contributed by atoms with Gasteiger partial charge in [0.2, 0.25) is 5.91 Å². The fourth-order valence-corrected chi connectivity index (χ4v) is 4.49. The minimum atomic E-state index is -0.0834. The molecule has 5 aromatic rings. The number of aryl methyl sites for hydroxylation is 1. The predicted molar refractivity (Wildman–Crippen MR) is 137 cm³/mol. The Balaban J connectivity index is 1.22. The predicted octanol–water partition coefficient (Wildman–Crippen LogP) is 5.92. The molecule has 0 heterocycles. The third-order valence-electron chi connectivity index (χ3n) is 5.82. The molecular formula is C27H23N3OS. The summed E-state index contributed by atoms with van der Waals surface area (Å²) in [5, 5.41) is 11.1. The molecule has 32 heavy (non-hydrogen) atoms. The van der Waals surface area contributed by atoms with Crippen LogP contribution in [0.15, 0.2) is 84.9 Å². The summed E-state index contributed by atoms with van der Waals surface area (Å²) in [4.78, 5) is 12.3. The molecule has 5 aromatic carbocycles. The first kappa shape index (κ1) is 20.2. The van der Waals surface area contributed by atoms with Crippen LogP contribution in [0.1, 0.15) is 18.4 Å². The number of carbonyl (C=O) groups is 1. The third kappa shape index (κ3) is 4.07. The number of rotatable bonds is 5. The van der Waals surface area contributed by atoms with Gasteiger partial charge in [-0.2, -0.15) is 0 Å². The van der Waals surface area contributed by atoms with Crippen LogP contribution >= 0.6 is 12.2 Å². The van der Waals surface area contributed by atoms with E-state index in [-0.39, 0.29) is 5.91 Å². The van der Waals surface area contributed by atoms with Crippen LogP contribution in [0.2, 0.25) is 0 Å². The summed E-state index contributed by atoms with van der Waals surface area (Å²) in [6, 6.07) is 29.2. The van der Waals surface area contributed by atoms with Crippen molar-refractivity contribution < 1.29 is 4.79 Å². The number of carbonyl (C=O) groups excluding carboxylic acids is 1. The molecule has 0 aliphatic heterocycles. The van der Waals surface area contributed by atoms with Crippen molar-refractivity contribution in [2.45, 2.75) is 19.3 Å². The van der Waals surface area contributed by atoms with Crippen LogP contribution in [0.3, 0.4) is 0 Å². The van der Waals surface area contributed by atoms with Gasteiger partial charge in [0.05, 0.1) is 0 Å². The Morgan fingerprint density at radius 3 is 2.19 bits per heavy atom. The van der Waals surface area contributed by atoms with Gasteiger partial charge in [0.15, 0.2) is 5.11 Å². The van der Waals surface area contributed by atoms with Gasteiger partial charge in [0, 0.05) is 12.1 Å². The van der Waals surface area contributed by atoms with Crippen molar-refractivity contribution in [1.82, 2.24) is 10.9 Å². The maximum Gasteiger partial charge on any atom is 0.238 e. The minimum Gasteiger partial charge on any atom is -0.331 e. The van der Waals surface area contributed by atoms with Crippen molar-refractivity contribution in [2.24, 2.45) is 0 Å². The minimum absolute atomic E-state index is 0.0834. The fourth-order valence-electron chi connectivity index (χ4n) is 4.33. The van der Waals surface area contributed by atoms with E-state index in [0.29, 0.717) is 11.5 Å². The third-order valence-corrected chi connectivity index (χ3v) is 6.02. The zero-order valence-corrected chi connectivity index (χ0v) is 18.3. The summed E-state index contributed by atoms with van der Waals surface area (Å²) in [5.74, 6) is -0.0834. The first-order valence-corrected chi connectivity index (χ1v) is 11.2. The molecule has 0 aliphatic rings. The second kappa shape index (κ2) is 8.81. The summed E-state index contributed by atoms with van der Waals surface area (Å²) in [6.07, 6.45) is 2.02. The zero-order chi connectivity index (χ0) is 21.9. The van der Waals surface area contributed by atoms with E-state index in [1.807, 2.05) is 30.3 Å². The van der Waals surface area contributed by atoms with Crippen molar-refractivity contribution in [1.29, 1.82) is 0 Å². The van der Waals surface area contributed by atoms with Crippen LogP contribution in [0.5, 0.6) is 0 Å². The second-order valence-corrected chi connectivity index (χ2v) is 8.34. The van der Waals surface area contributed by atoms with Crippen LogP contribution in [0.25, 0.3) is 32.3 Å². The Morgan fingerprint density at radius 2 is 1.41 bits per heavy atom. The molecule has 5 rings (SSSR count). The Morgan fingerprint density at radius 1 is 0.719 bits per heavy atom. The molecule has 0 saturated carbocycles. The largest absolute Gasteiger partial charge is 0.331 e. The number of benzene rings is 5. The maximum atomic E-state index is 12.3. The lowest BCUT2D eigenvalue weighted by molar-refractivity contribution is -0.121. The van der Waals surface area contributed by atoms with Crippen molar-refractivity contribution in [3.05, 3.63) is 90.5 Å². The topological polar surface area (TPSA) is 53.2 Å². The van der Waals surface area contributed by atoms with E-state index >= 15 is 0 Å². The standard InChI is InChI=1S/C27H23N3OS/c31-24(29-30-27(32)28-22-9-2-1-3-10-22)11-5-6-18-12-13-21-15-14-19-7-4-8-20-16-17-23(18)26(21)25(19)20/h1-4,7-10,12-17H,5-6,11H2,(H,29,31)(H2,28,30,32). The molecule has 0 fully saturated rings. The number of anilines is 1. The highest BCUT2D eigenvalue weighted by Gasteiger charge is 2.11. The highest BCUT2D eigenvalue weighted by molar-refractivity contribution is 7.80. The van der Waals surface area contributed by atoms with E-state index in [2.05, 4.69) is 70.8 Å². The number of para-hydroxylation sites is 1. The van der Waals surface area contributed by atoms with E-state index in [1.54, 1.807) is 0 Å². The van der Waals surface area contributed by atoms with Crippen molar-refractivity contribution in [3.8, 4) is 0 Å². The first-order valence-electron chi connectivity index (χ1n) is 10.8. The summed E-state index contributed by atoms with van der Waals surface area (Å²) in [5.41, 5.74) is 7.58. The molecule has 4 nitrogen and oxygen atoms in total. The molecule has 0 aliphatic carbocycles. The number of thiocarbonyl (C=S) groups is 1. The van der Waals surface area contributed by atoms with E-state index in [9.17, 15) is 4.79 Å². The normalized spacial score (nSPS) is 11.1.